The molecule has 1 heterocycles. The van der Waals surface area contributed by atoms with E-state index in [0.29, 0.717) is 5.02 Å². The highest BCUT2D eigenvalue weighted by molar-refractivity contribution is 7.17. The fourth-order valence-electron chi connectivity index (χ4n) is 4.71. The van der Waals surface area contributed by atoms with Crippen LogP contribution in [-0.2, 0) is 0 Å². The molecule has 180 valence electrons. The number of hydrogen-bond donors (Lipinski definition) is 0. The summed E-state index contributed by atoms with van der Waals surface area (Å²) in [6.07, 6.45) is 0. The summed E-state index contributed by atoms with van der Waals surface area (Å²) in [5.74, 6) is 0. The average molecular weight is 517 g/mol. The standard InChI is InChI=1S/C33H25ClN2S/c1-24-20-21-28-31(23-37-32(28)22-24)36(27-16-9-4-10-17-27)30-19-11-18-29(33(30)34)35(25-12-5-2-6-13-25)26-14-7-3-8-15-26/h2-23H,1H3. The molecule has 2 nitrogen and oxygen atoms in total. The molecule has 0 radical (unpaired) electrons. The van der Waals surface area contributed by atoms with E-state index < -0.39 is 0 Å². The van der Waals surface area contributed by atoms with Gasteiger partial charge in [0.1, 0.15) is 0 Å². The third kappa shape index (κ3) is 4.48. The molecule has 0 N–H and O–H groups in total. The SMILES string of the molecule is Cc1ccc2c(N(c3ccccc3)c3cccc(N(c4ccccc4)c4ccccc4)c3Cl)csc2c1. The third-order valence-corrected chi connectivity index (χ3v) is 7.75. The Balaban J connectivity index is 1.57. The molecule has 0 amide bonds. The number of anilines is 6. The number of fused-ring (bicyclic) bond motifs is 1. The lowest BCUT2D eigenvalue weighted by molar-refractivity contribution is 1.26. The number of thiophene rings is 1. The van der Waals surface area contributed by atoms with Gasteiger partial charge in [-0.15, -0.1) is 11.3 Å². The van der Waals surface area contributed by atoms with Crippen LogP contribution < -0.4 is 9.80 Å². The monoisotopic (exact) mass is 516 g/mol. The van der Waals surface area contributed by atoms with Gasteiger partial charge in [-0.3, -0.25) is 0 Å². The Labute approximate surface area is 226 Å². The predicted molar refractivity (Wildman–Crippen MR) is 161 cm³/mol. The molecule has 0 bridgehead atoms. The van der Waals surface area contributed by atoms with Crippen LogP contribution in [-0.4, -0.2) is 0 Å². The number of para-hydroxylation sites is 3. The molecule has 6 rings (SSSR count). The first-order valence-electron chi connectivity index (χ1n) is 12.2. The van der Waals surface area contributed by atoms with Crippen LogP contribution in [0.3, 0.4) is 0 Å². The second kappa shape index (κ2) is 10.1. The summed E-state index contributed by atoms with van der Waals surface area (Å²) in [5.41, 5.74) is 7.40. The number of nitrogens with zero attached hydrogens (tertiary/aromatic N) is 2. The van der Waals surface area contributed by atoms with Crippen molar-refractivity contribution in [2.75, 3.05) is 9.80 Å². The second-order valence-electron chi connectivity index (χ2n) is 8.91. The van der Waals surface area contributed by atoms with E-state index >= 15 is 0 Å². The maximum Gasteiger partial charge on any atom is 0.0887 e. The van der Waals surface area contributed by atoms with Crippen molar-refractivity contribution in [1.82, 2.24) is 0 Å². The van der Waals surface area contributed by atoms with Crippen LogP contribution in [0.15, 0.2) is 133 Å². The van der Waals surface area contributed by atoms with E-state index in [-0.39, 0.29) is 0 Å². The fraction of sp³-hybridized carbons (Fsp3) is 0.0303. The van der Waals surface area contributed by atoms with Crippen LogP contribution in [0.1, 0.15) is 5.56 Å². The highest BCUT2D eigenvalue weighted by Gasteiger charge is 2.23. The number of rotatable bonds is 6. The fourth-order valence-corrected chi connectivity index (χ4v) is 6.03. The molecule has 0 aliphatic heterocycles. The van der Waals surface area contributed by atoms with Crippen LogP contribution in [0.25, 0.3) is 10.1 Å². The van der Waals surface area contributed by atoms with Crippen molar-refractivity contribution in [2.45, 2.75) is 6.92 Å². The van der Waals surface area contributed by atoms with E-state index in [9.17, 15) is 0 Å². The Bertz CT molecular complexity index is 1610. The Hall–Kier alpha value is -4.05. The molecular weight excluding hydrogens is 492 g/mol. The van der Waals surface area contributed by atoms with Crippen molar-refractivity contribution >= 4 is 67.1 Å². The van der Waals surface area contributed by atoms with Gasteiger partial charge in [-0.05, 0) is 67.1 Å². The number of benzene rings is 5. The molecule has 0 aliphatic carbocycles. The number of halogens is 1. The first kappa shape index (κ1) is 23.4. The van der Waals surface area contributed by atoms with Crippen molar-refractivity contribution in [3.05, 3.63) is 143 Å². The highest BCUT2D eigenvalue weighted by atomic mass is 35.5. The van der Waals surface area contributed by atoms with E-state index in [0.717, 1.165) is 34.1 Å². The Morgan fingerprint density at radius 3 is 1.62 bits per heavy atom. The van der Waals surface area contributed by atoms with Gasteiger partial charge in [0.15, 0.2) is 0 Å². The molecule has 4 heteroatoms. The van der Waals surface area contributed by atoms with E-state index in [4.69, 9.17) is 11.6 Å². The lowest BCUT2D eigenvalue weighted by Gasteiger charge is -2.30. The van der Waals surface area contributed by atoms with Crippen LogP contribution in [0.2, 0.25) is 5.02 Å². The molecule has 0 saturated heterocycles. The van der Waals surface area contributed by atoms with Crippen LogP contribution in [0.4, 0.5) is 34.1 Å². The van der Waals surface area contributed by atoms with E-state index in [1.165, 1.54) is 15.6 Å². The summed E-state index contributed by atoms with van der Waals surface area (Å²) < 4.78 is 1.26. The molecule has 0 aliphatic rings. The minimum Gasteiger partial charge on any atom is -0.309 e. The summed E-state index contributed by atoms with van der Waals surface area (Å²) in [5, 5.41) is 4.13. The summed E-state index contributed by atoms with van der Waals surface area (Å²) >= 11 is 9.12. The zero-order valence-electron chi connectivity index (χ0n) is 20.4. The second-order valence-corrected chi connectivity index (χ2v) is 10.2. The minimum atomic E-state index is 0.686. The van der Waals surface area contributed by atoms with Gasteiger partial charge in [0.25, 0.3) is 0 Å². The predicted octanol–water partition coefficient (Wildman–Crippen LogP) is 10.8. The van der Waals surface area contributed by atoms with Gasteiger partial charge in [-0.25, -0.2) is 0 Å². The first-order chi connectivity index (χ1) is 18.2. The van der Waals surface area contributed by atoms with Gasteiger partial charge in [-0.1, -0.05) is 84.4 Å². The minimum absolute atomic E-state index is 0.686. The van der Waals surface area contributed by atoms with Gasteiger partial charge in [-0.2, -0.15) is 0 Å². The van der Waals surface area contributed by atoms with Crippen molar-refractivity contribution in [2.24, 2.45) is 0 Å². The lowest BCUT2D eigenvalue weighted by Crippen LogP contribution is -2.14. The van der Waals surface area contributed by atoms with Gasteiger partial charge < -0.3 is 9.80 Å². The largest absolute Gasteiger partial charge is 0.309 e. The van der Waals surface area contributed by atoms with Crippen molar-refractivity contribution in [3.8, 4) is 0 Å². The summed E-state index contributed by atoms with van der Waals surface area (Å²) in [6.45, 7) is 2.13. The van der Waals surface area contributed by atoms with E-state index in [1.54, 1.807) is 11.3 Å². The number of aryl methyl sites for hydroxylation is 1. The Morgan fingerprint density at radius 2 is 1.05 bits per heavy atom. The summed E-state index contributed by atoms with van der Waals surface area (Å²) in [6, 6.07) is 44.1. The van der Waals surface area contributed by atoms with Crippen LogP contribution >= 0.6 is 22.9 Å². The van der Waals surface area contributed by atoms with E-state index in [2.05, 4.69) is 131 Å². The summed E-state index contributed by atoms with van der Waals surface area (Å²) in [4.78, 5) is 4.48. The molecule has 0 atom stereocenters. The third-order valence-electron chi connectivity index (χ3n) is 6.43. The van der Waals surface area contributed by atoms with E-state index in [1.807, 2.05) is 18.2 Å². The lowest BCUT2D eigenvalue weighted by atomic mass is 10.1. The maximum absolute atomic E-state index is 7.36. The highest BCUT2D eigenvalue weighted by Crippen LogP contribution is 2.48. The molecule has 0 unspecified atom stereocenters. The quantitative estimate of drug-likeness (QED) is 0.217. The van der Waals surface area contributed by atoms with Gasteiger partial charge in [0.2, 0.25) is 0 Å². The molecule has 0 fully saturated rings. The maximum atomic E-state index is 7.36. The Kier molecular flexibility index (Phi) is 6.40. The average Bonchev–Trinajstić information content (AvgIpc) is 3.35. The zero-order valence-corrected chi connectivity index (χ0v) is 22.0. The molecule has 0 saturated carbocycles. The normalized spacial score (nSPS) is 11.0. The van der Waals surface area contributed by atoms with Crippen LogP contribution in [0.5, 0.6) is 0 Å². The molecule has 5 aromatic carbocycles. The van der Waals surface area contributed by atoms with Crippen molar-refractivity contribution < 1.29 is 0 Å². The first-order valence-corrected chi connectivity index (χ1v) is 13.5. The Morgan fingerprint density at radius 1 is 0.541 bits per heavy atom. The van der Waals surface area contributed by atoms with Crippen molar-refractivity contribution in [3.63, 3.8) is 0 Å². The summed E-state index contributed by atoms with van der Waals surface area (Å²) in [7, 11) is 0. The molecular formula is C33H25ClN2S. The van der Waals surface area contributed by atoms with Crippen LogP contribution in [0, 0.1) is 6.92 Å². The van der Waals surface area contributed by atoms with Gasteiger partial charge in [0.05, 0.1) is 22.1 Å². The van der Waals surface area contributed by atoms with Crippen molar-refractivity contribution in [1.29, 1.82) is 0 Å². The molecule has 37 heavy (non-hydrogen) atoms. The van der Waals surface area contributed by atoms with Gasteiger partial charge >= 0.3 is 0 Å². The zero-order chi connectivity index (χ0) is 25.2. The van der Waals surface area contributed by atoms with Gasteiger partial charge in [0, 0.05) is 32.5 Å². The smallest absolute Gasteiger partial charge is 0.0887 e. The number of hydrogen-bond acceptors (Lipinski definition) is 3. The molecule has 1 aromatic heterocycles. The molecule has 0 spiro atoms. The topological polar surface area (TPSA) is 6.48 Å². The molecule has 6 aromatic rings.